The fraction of sp³-hybridized carbons (Fsp3) is 0.682. The third-order valence-electron chi connectivity index (χ3n) is 4.30. The lowest BCUT2D eigenvalue weighted by Gasteiger charge is -2.08. The van der Waals surface area contributed by atoms with E-state index in [1.807, 2.05) is 6.92 Å². The third-order valence-corrected chi connectivity index (χ3v) is 4.30. The molecule has 0 heterocycles. The van der Waals surface area contributed by atoms with Crippen molar-refractivity contribution >= 4 is 5.97 Å². The van der Waals surface area contributed by atoms with Crippen molar-refractivity contribution in [2.45, 2.75) is 90.9 Å². The Morgan fingerprint density at radius 3 is 1.92 bits per heavy atom. The van der Waals surface area contributed by atoms with Crippen LogP contribution in [0, 0.1) is 5.92 Å². The molecule has 0 saturated carbocycles. The van der Waals surface area contributed by atoms with Crippen molar-refractivity contribution in [1.29, 1.82) is 0 Å². The van der Waals surface area contributed by atoms with Gasteiger partial charge in [-0.2, -0.15) is 0 Å². The average Bonchev–Trinajstić information content (AvgIpc) is 2.57. The molecule has 0 aromatic heterocycles. The van der Waals surface area contributed by atoms with Crippen LogP contribution >= 0.6 is 0 Å². The summed E-state index contributed by atoms with van der Waals surface area (Å²) in [5.74, 6) is -0.761. The van der Waals surface area contributed by atoms with Crippen LogP contribution in [0.3, 0.4) is 0 Å². The summed E-state index contributed by atoms with van der Waals surface area (Å²) in [6, 6.07) is 0. The molecule has 1 N–H and O–H groups in total. The zero-order chi connectivity index (χ0) is 17.9. The molecule has 2 heteroatoms. The number of carboxylic acids is 1. The van der Waals surface area contributed by atoms with E-state index >= 15 is 0 Å². The van der Waals surface area contributed by atoms with Crippen LogP contribution in [0.5, 0.6) is 0 Å². The Morgan fingerprint density at radius 1 is 0.792 bits per heavy atom. The van der Waals surface area contributed by atoms with Gasteiger partial charge >= 0.3 is 5.97 Å². The van der Waals surface area contributed by atoms with E-state index in [2.05, 4.69) is 43.4 Å². The molecule has 0 rings (SSSR count). The van der Waals surface area contributed by atoms with Crippen molar-refractivity contribution in [3.8, 4) is 0 Å². The van der Waals surface area contributed by atoms with Crippen LogP contribution in [0.25, 0.3) is 0 Å². The summed E-state index contributed by atoms with van der Waals surface area (Å²) in [6.07, 6.45) is 26.7. The molecule has 0 fully saturated rings. The predicted octanol–water partition coefficient (Wildman–Crippen LogP) is 7.08. The summed E-state index contributed by atoms with van der Waals surface area (Å²) in [5, 5.41) is 8.99. The van der Waals surface area contributed by atoms with E-state index in [1.54, 1.807) is 0 Å². The van der Waals surface area contributed by atoms with Crippen LogP contribution in [0.15, 0.2) is 36.5 Å². The van der Waals surface area contributed by atoms with Crippen LogP contribution in [0.1, 0.15) is 90.9 Å². The largest absolute Gasteiger partial charge is 0.481 e. The maximum absolute atomic E-state index is 10.9. The Balaban J connectivity index is 3.34. The van der Waals surface area contributed by atoms with Crippen LogP contribution in [-0.4, -0.2) is 11.1 Å². The Morgan fingerprint density at radius 2 is 1.33 bits per heavy atom. The van der Waals surface area contributed by atoms with E-state index in [4.69, 9.17) is 5.11 Å². The molecular formula is C22H38O2. The molecule has 0 bridgehead atoms. The lowest BCUT2D eigenvalue weighted by atomic mass is 9.98. The molecule has 0 aromatic rings. The molecule has 0 aromatic carbocycles. The number of rotatable bonds is 16. The highest BCUT2D eigenvalue weighted by molar-refractivity contribution is 5.69. The molecule has 0 amide bonds. The highest BCUT2D eigenvalue weighted by atomic mass is 16.4. The van der Waals surface area contributed by atoms with Gasteiger partial charge in [-0.05, 0) is 44.9 Å². The second kappa shape index (κ2) is 18.0. The van der Waals surface area contributed by atoms with Crippen molar-refractivity contribution in [2.24, 2.45) is 5.92 Å². The zero-order valence-corrected chi connectivity index (χ0v) is 15.9. The van der Waals surface area contributed by atoms with Crippen molar-refractivity contribution in [2.75, 3.05) is 0 Å². The Hall–Kier alpha value is -1.31. The first-order valence-electron chi connectivity index (χ1n) is 9.90. The summed E-state index contributed by atoms with van der Waals surface area (Å²) in [5.41, 5.74) is 0. The summed E-state index contributed by atoms with van der Waals surface area (Å²) in [4.78, 5) is 10.9. The minimum atomic E-state index is -0.628. The maximum Gasteiger partial charge on any atom is 0.306 e. The van der Waals surface area contributed by atoms with Crippen molar-refractivity contribution in [3.63, 3.8) is 0 Å². The standard InChI is InChI=1S/C22H38O2/c1-3-5-6-7-8-9-10-11-12-13-14-15-16-17-18-19-20-21(4-2)22(23)24/h5-6,8-9,11-12,21H,3-4,7,10,13-20H2,1-2H3,(H,23,24)/b6-5-,9-8-,12-11-. The first kappa shape index (κ1) is 22.7. The van der Waals surface area contributed by atoms with E-state index in [9.17, 15) is 4.79 Å². The zero-order valence-electron chi connectivity index (χ0n) is 15.9. The van der Waals surface area contributed by atoms with Crippen LogP contribution < -0.4 is 0 Å². The molecule has 0 radical (unpaired) electrons. The van der Waals surface area contributed by atoms with Gasteiger partial charge < -0.3 is 5.11 Å². The molecule has 0 saturated heterocycles. The summed E-state index contributed by atoms with van der Waals surface area (Å²) in [7, 11) is 0. The molecule has 0 spiro atoms. The molecule has 0 aliphatic heterocycles. The highest BCUT2D eigenvalue weighted by Crippen LogP contribution is 2.15. The normalized spacial score (nSPS) is 13.4. The SMILES string of the molecule is CC/C=C\C/C=C\C/C=C\CCCCCCCCC(CC)C(=O)O. The predicted molar refractivity (Wildman–Crippen MR) is 105 cm³/mol. The van der Waals surface area contributed by atoms with Gasteiger partial charge in [0, 0.05) is 0 Å². The van der Waals surface area contributed by atoms with Gasteiger partial charge in [-0.25, -0.2) is 0 Å². The summed E-state index contributed by atoms with van der Waals surface area (Å²) < 4.78 is 0. The molecule has 2 nitrogen and oxygen atoms in total. The van der Waals surface area contributed by atoms with Gasteiger partial charge in [0.15, 0.2) is 0 Å². The average molecular weight is 335 g/mol. The molecule has 138 valence electrons. The monoisotopic (exact) mass is 334 g/mol. The minimum Gasteiger partial charge on any atom is -0.481 e. The van der Waals surface area contributed by atoms with E-state index in [0.29, 0.717) is 0 Å². The number of carbonyl (C=O) groups is 1. The van der Waals surface area contributed by atoms with Gasteiger partial charge in [0.25, 0.3) is 0 Å². The van der Waals surface area contributed by atoms with Gasteiger partial charge in [-0.15, -0.1) is 0 Å². The molecule has 0 aliphatic rings. The Labute approximate surface area is 149 Å². The Kier molecular flexibility index (Phi) is 17.1. The van der Waals surface area contributed by atoms with E-state index < -0.39 is 5.97 Å². The first-order valence-corrected chi connectivity index (χ1v) is 9.90. The maximum atomic E-state index is 10.9. The highest BCUT2D eigenvalue weighted by Gasteiger charge is 2.13. The van der Waals surface area contributed by atoms with Crippen molar-refractivity contribution < 1.29 is 9.90 Å². The molecule has 24 heavy (non-hydrogen) atoms. The smallest absolute Gasteiger partial charge is 0.306 e. The molecule has 0 aliphatic carbocycles. The molecule has 1 atom stereocenters. The second-order valence-corrected chi connectivity index (χ2v) is 6.44. The summed E-state index contributed by atoms with van der Waals surface area (Å²) >= 11 is 0. The van der Waals surface area contributed by atoms with E-state index in [-0.39, 0.29) is 5.92 Å². The number of hydrogen-bond donors (Lipinski definition) is 1. The van der Waals surface area contributed by atoms with Crippen LogP contribution in [-0.2, 0) is 4.79 Å². The molecular weight excluding hydrogens is 296 g/mol. The van der Waals surface area contributed by atoms with E-state index in [0.717, 1.165) is 38.5 Å². The first-order chi connectivity index (χ1) is 11.7. The lowest BCUT2D eigenvalue weighted by molar-refractivity contribution is -0.142. The number of unbranched alkanes of at least 4 members (excludes halogenated alkanes) is 6. The van der Waals surface area contributed by atoms with Crippen molar-refractivity contribution in [3.05, 3.63) is 36.5 Å². The number of carboxylic acid groups (broad SMARTS) is 1. The Bertz CT molecular complexity index is 366. The van der Waals surface area contributed by atoms with Gasteiger partial charge in [-0.3, -0.25) is 4.79 Å². The fourth-order valence-electron chi connectivity index (χ4n) is 2.69. The van der Waals surface area contributed by atoms with E-state index in [1.165, 1.54) is 38.5 Å². The van der Waals surface area contributed by atoms with Crippen molar-refractivity contribution in [1.82, 2.24) is 0 Å². The number of aliphatic carboxylic acids is 1. The van der Waals surface area contributed by atoms with Gasteiger partial charge in [0.2, 0.25) is 0 Å². The minimum absolute atomic E-state index is 0.133. The second-order valence-electron chi connectivity index (χ2n) is 6.44. The lowest BCUT2D eigenvalue weighted by Crippen LogP contribution is -2.12. The number of hydrogen-bond acceptors (Lipinski definition) is 1. The van der Waals surface area contributed by atoms with Gasteiger partial charge in [0.1, 0.15) is 0 Å². The quantitative estimate of drug-likeness (QED) is 0.242. The summed E-state index contributed by atoms with van der Waals surface area (Å²) in [6.45, 7) is 4.12. The molecule has 1 unspecified atom stereocenters. The number of allylic oxidation sites excluding steroid dienone is 6. The van der Waals surface area contributed by atoms with Gasteiger partial charge in [0.05, 0.1) is 5.92 Å². The third kappa shape index (κ3) is 15.6. The van der Waals surface area contributed by atoms with Crippen LogP contribution in [0.2, 0.25) is 0 Å². The van der Waals surface area contributed by atoms with Crippen LogP contribution in [0.4, 0.5) is 0 Å². The fourth-order valence-corrected chi connectivity index (χ4v) is 2.69. The topological polar surface area (TPSA) is 37.3 Å². The van der Waals surface area contributed by atoms with Gasteiger partial charge in [-0.1, -0.05) is 82.4 Å².